The minimum atomic E-state index is -3.08. The summed E-state index contributed by atoms with van der Waals surface area (Å²) in [4.78, 5) is 0. The van der Waals surface area contributed by atoms with Crippen molar-refractivity contribution in [1.82, 2.24) is 9.62 Å². The van der Waals surface area contributed by atoms with E-state index in [4.69, 9.17) is 5.26 Å². The van der Waals surface area contributed by atoms with Crippen LogP contribution in [0.2, 0.25) is 0 Å². The van der Waals surface area contributed by atoms with Crippen molar-refractivity contribution in [3.63, 3.8) is 0 Å². The second kappa shape index (κ2) is 8.45. The highest BCUT2D eigenvalue weighted by Crippen LogP contribution is 2.00. The van der Waals surface area contributed by atoms with Crippen LogP contribution < -0.4 is 5.32 Å². The topological polar surface area (TPSA) is 73.2 Å². The molecule has 5 nitrogen and oxygen atoms in total. The summed E-state index contributed by atoms with van der Waals surface area (Å²) >= 11 is 0. The highest BCUT2D eigenvalue weighted by Gasteiger charge is 2.13. The van der Waals surface area contributed by atoms with Gasteiger partial charge in [-0.3, -0.25) is 0 Å². The zero-order valence-corrected chi connectivity index (χ0v) is 11.8. The highest BCUT2D eigenvalue weighted by molar-refractivity contribution is 7.88. The maximum atomic E-state index is 11.3. The predicted octanol–water partition coefficient (Wildman–Crippen LogP) is 0.940. The third-order valence-corrected chi connectivity index (χ3v) is 4.05. The number of sulfonamides is 1. The average molecular weight is 261 g/mol. The Bertz CT molecular complexity index is 335. The van der Waals surface area contributed by atoms with Gasteiger partial charge in [0.2, 0.25) is 10.0 Å². The van der Waals surface area contributed by atoms with Gasteiger partial charge in [-0.1, -0.05) is 13.8 Å². The van der Waals surface area contributed by atoms with E-state index in [-0.39, 0.29) is 6.04 Å². The Kier molecular flexibility index (Phi) is 8.13. The molecule has 0 saturated carbocycles. The smallest absolute Gasteiger partial charge is 0.211 e. The van der Waals surface area contributed by atoms with Gasteiger partial charge in [-0.05, 0) is 19.4 Å². The van der Waals surface area contributed by atoms with Crippen LogP contribution in [-0.2, 0) is 10.0 Å². The van der Waals surface area contributed by atoms with Gasteiger partial charge < -0.3 is 5.32 Å². The summed E-state index contributed by atoms with van der Waals surface area (Å²) < 4.78 is 24.1. The molecule has 1 unspecified atom stereocenters. The van der Waals surface area contributed by atoms with Crippen LogP contribution in [0.4, 0.5) is 0 Å². The van der Waals surface area contributed by atoms with Crippen LogP contribution in [0.5, 0.6) is 0 Å². The van der Waals surface area contributed by atoms with Gasteiger partial charge in [0.1, 0.15) is 0 Å². The van der Waals surface area contributed by atoms with Crippen LogP contribution in [0.1, 0.15) is 33.1 Å². The Balaban J connectivity index is 3.87. The predicted molar refractivity (Wildman–Crippen MR) is 69.0 cm³/mol. The molecule has 0 heterocycles. The zero-order chi connectivity index (χ0) is 13.3. The SMILES string of the molecule is CCC(CC#N)NCCCN(CC)S(C)(=O)=O. The van der Waals surface area contributed by atoms with E-state index < -0.39 is 10.0 Å². The lowest BCUT2D eigenvalue weighted by atomic mass is 10.1. The summed E-state index contributed by atoms with van der Waals surface area (Å²) in [6, 6.07) is 2.35. The number of hydrogen-bond donors (Lipinski definition) is 1. The number of nitrogens with zero attached hydrogens (tertiary/aromatic N) is 2. The number of hydrogen-bond acceptors (Lipinski definition) is 4. The van der Waals surface area contributed by atoms with Crippen molar-refractivity contribution in [1.29, 1.82) is 5.26 Å². The van der Waals surface area contributed by atoms with Gasteiger partial charge in [-0.25, -0.2) is 12.7 Å². The third kappa shape index (κ3) is 7.31. The average Bonchev–Trinajstić information content (AvgIpc) is 2.25. The third-order valence-electron chi connectivity index (χ3n) is 2.67. The normalized spacial score (nSPS) is 13.6. The van der Waals surface area contributed by atoms with Gasteiger partial charge in [0.05, 0.1) is 18.7 Å². The molecular weight excluding hydrogens is 238 g/mol. The molecule has 0 fully saturated rings. The van der Waals surface area contributed by atoms with Crippen LogP contribution in [0.3, 0.4) is 0 Å². The summed E-state index contributed by atoms with van der Waals surface area (Å²) in [6.07, 6.45) is 3.41. The van der Waals surface area contributed by atoms with Crippen molar-refractivity contribution in [2.24, 2.45) is 0 Å². The quantitative estimate of drug-likeness (QED) is 0.627. The molecule has 0 aliphatic heterocycles. The fourth-order valence-corrected chi connectivity index (χ4v) is 2.52. The first kappa shape index (κ1) is 16.4. The minimum Gasteiger partial charge on any atom is -0.313 e. The van der Waals surface area contributed by atoms with Crippen molar-refractivity contribution in [3.05, 3.63) is 0 Å². The van der Waals surface area contributed by atoms with Crippen LogP contribution in [0, 0.1) is 11.3 Å². The Morgan fingerprint density at radius 2 is 2.06 bits per heavy atom. The molecule has 0 amide bonds. The molecule has 0 rings (SSSR count). The Morgan fingerprint density at radius 1 is 1.41 bits per heavy atom. The molecule has 0 radical (unpaired) electrons. The molecular formula is C11H23N3O2S. The monoisotopic (exact) mass is 261 g/mol. The largest absolute Gasteiger partial charge is 0.313 e. The van der Waals surface area contributed by atoms with Crippen LogP contribution in [0.15, 0.2) is 0 Å². The molecule has 0 aliphatic rings. The van der Waals surface area contributed by atoms with E-state index in [1.807, 2.05) is 13.8 Å². The van der Waals surface area contributed by atoms with E-state index in [0.717, 1.165) is 19.4 Å². The Labute approximate surface area is 105 Å². The van der Waals surface area contributed by atoms with Crippen molar-refractivity contribution in [3.8, 4) is 6.07 Å². The van der Waals surface area contributed by atoms with E-state index >= 15 is 0 Å². The molecule has 1 atom stereocenters. The maximum Gasteiger partial charge on any atom is 0.211 e. The first-order valence-electron chi connectivity index (χ1n) is 6.01. The standard InChI is InChI=1S/C11H23N3O2S/c1-4-11(7-8-12)13-9-6-10-14(5-2)17(3,15)16/h11,13H,4-7,9-10H2,1-3H3. The molecule has 6 heteroatoms. The van der Waals surface area contributed by atoms with Gasteiger partial charge in [-0.15, -0.1) is 0 Å². The van der Waals surface area contributed by atoms with Crippen LogP contribution in [-0.4, -0.2) is 44.7 Å². The first-order chi connectivity index (χ1) is 7.95. The van der Waals surface area contributed by atoms with E-state index in [9.17, 15) is 8.42 Å². The minimum absolute atomic E-state index is 0.216. The van der Waals surface area contributed by atoms with Crippen molar-refractivity contribution in [2.75, 3.05) is 25.9 Å². The van der Waals surface area contributed by atoms with E-state index in [0.29, 0.717) is 19.5 Å². The summed E-state index contributed by atoms with van der Waals surface area (Å²) in [5, 5.41) is 11.8. The van der Waals surface area contributed by atoms with E-state index in [2.05, 4.69) is 11.4 Å². The molecule has 1 N–H and O–H groups in total. The molecule has 0 aliphatic carbocycles. The Hall–Kier alpha value is -0.640. The van der Waals surface area contributed by atoms with Gasteiger partial charge in [0.15, 0.2) is 0 Å². The second-order valence-corrected chi connectivity index (χ2v) is 6.01. The summed E-state index contributed by atoms with van der Waals surface area (Å²) in [7, 11) is -3.08. The van der Waals surface area contributed by atoms with E-state index in [1.54, 1.807) is 0 Å². The molecule has 0 aromatic rings. The molecule has 17 heavy (non-hydrogen) atoms. The van der Waals surface area contributed by atoms with Gasteiger partial charge in [0, 0.05) is 19.1 Å². The zero-order valence-electron chi connectivity index (χ0n) is 10.9. The molecule has 100 valence electrons. The van der Waals surface area contributed by atoms with Crippen molar-refractivity contribution >= 4 is 10.0 Å². The van der Waals surface area contributed by atoms with Gasteiger partial charge in [0.25, 0.3) is 0 Å². The fraction of sp³-hybridized carbons (Fsp3) is 0.909. The van der Waals surface area contributed by atoms with Crippen LogP contribution in [0.25, 0.3) is 0 Å². The molecule has 0 spiro atoms. The number of nitrogens with one attached hydrogen (secondary N) is 1. The fourth-order valence-electron chi connectivity index (χ4n) is 1.59. The first-order valence-corrected chi connectivity index (χ1v) is 7.86. The van der Waals surface area contributed by atoms with Crippen molar-refractivity contribution in [2.45, 2.75) is 39.2 Å². The summed E-state index contributed by atoms with van der Waals surface area (Å²) in [5.41, 5.74) is 0. The summed E-state index contributed by atoms with van der Waals surface area (Å²) in [6.45, 7) is 5.65. The van der Waals surface area contributed by atoms with Gasteiger partial charge in [-0.2, -0.15) is 5.26 Å². The maximum absolute atomic E-state index is 11.3. The molecule has 0 aromatic carbocycles. The molecule has 0 saturated heterocycles. The van der Waals surface area contributed by atoms with Gasteiger partial charge >= 0.3 is 0 Å². The van der Waals surface area contributed by atoms with E-state index in [1.165, 1.54) is 10.6 Å². The molecule has 0 aromatic heterocycles. The molecule has 0 bridgehead atoms. The van der Waals surface area contributed by atoms with Crippen LogP contribution >= 0.6 is 0 Å². The second-order valence-electron chi connectivity index (χ2n) is 4.03. The number of rotatable bonds is 9. The van der Waals surface area contributed by atoms with Crippen molar-refractivity contribution < 1.29 is 8.42 Å². The lowest BCUT2D eigenvalue weighted by molar-refractivity contribution is 0.408. The highest BCUT2D eigenvalue weighted by atomic mass is 32.2. The summed E-state index contributed by atoms with van der Waals surface area (Å²) in [5.74, 6) is 0. The number of nitriles is 1. The lowest BCUT2D eigenvalue weighted by Crippen LogP contribution is -2.34. The lowest BCUT2D eigenvalue weighted by Gasteiger charge is -2.19. The Morgan fingerprint density at radius 3 is 2.47 bits per heavy atom.